The van der Waals surface area contributed by atoms with Crippen LogP contribution in [0.3, 0.4) is 0 Å². The molecular weight excluding hydrogens is 216 g/mol. The number of rotatable bonds is 0. The van der Waals surface area contributed by atoms with Crippen molar-refractivity contribution in [3.8, 4) is 11.1 Å². The standard InChI is InChI=1S/C18H20/c1-10-6-7-15-9-16-13(4)11(2)8-12(3)17(16)18(15)14(10)5/h6-8H,9H2,1-5H3. The van der Waals surface area contributed by atoms with Crippen molar-refractivity contribution in [3.63, 3.8) is 0 Å². The summed E-state index contributed by atoms with van der Waals surface area (Å²) in [6.45, 7) is 11.2. The molecule has 0 heteroatoms. The minimum absolute atomic E-state index is 1.11. The van der Waals surface area contributed by atoms with E-state index >= 15 is 0 Å². The number of hydrogen-bond donors (Lipinski definition) is 0. The summed E-state index contributed by atoms with van der Waals surface area (Å²) in [5, 5.41) is 0. The van der Waals surface area contributed by atoms with E-state index in [0.717, 1.165) is 6.42 Å². The Kier molecular flexibility index (Phi) is 2.38. The molecule has 0 aliphatic heterocycles. The first-order valence-corrected chi connectivity index (χ1v) is 6.70. The molecule has 3 rings (SSSR count). The fourth-order valence-electron chi connectivity index (χ4n) is 3.30. The molecule has 1 aliphatic rings. The van der Waals surface area contributed by atoms with Crippen LogP contribution in [0.4, 0.5) is 0 Å². The first-order chi connectivity index (χ1) is 8.50. The fourth-order valence-corrected chi connectivity index (χ4v) is 3.30. The molecule has 18 heavy (non-hydrogen) atoms. The summed E-state index contributed by atoms with van der Waals surface area (Å²) in [5.74, 6) is 0. The molecule has 2 aromatic rings. The number of benzene rings is 2. The van der Waals surface area contributed by atoms with Crippen LogP contribution in [0.2, 0.25) is 0 Å². The number of hydrogen-bond acceptors (Lipinski definition) is 0. The molecule has 1 aliphatic carbocycles. The summed E-state index contributed by atoms with van der Waals surface area (Å²) >= 11 is 0. The molecule has 0 fully saturated rings. The Morgan fingerprint density at radius 1 is 0.722 bits per heavy atom. The van der Waals surface area contributed by atoms with Crippen LogP contribution in [0.1, 0.15) is 38.9 Å². The molecule has 92 valence electrons. The van der Waals surface area contributed by atoms with Crippen LogP contribution >= 0.6 is 0 Å². The third-order valence-corrected chi connectivity index (χ3v) is 4.61. The van der Waals surface area contributed by atoms with Crippen molar-refractivity contribution < 1.29 is 0 Å². The predicted octanol–water partition coefficient (Wildman–Crippen LogP) is 4.80. The Hall–Kier alpha value is -1.56. The Morgan fingerprint density at radius 2 is 1.44 bits per heavy atom. The second-order valence-electron chi connectivity index (χ2n) is 5.71. The van der Waals surface area contributed by atoms with Crippen LogP contribution in [0, 0.1) is 34.6 Å². The largest absolute Gasteiger partial charge is 0.0587 e. The normalized spacial score (nSPS) is 12.5. The zero-order valence-corrected chi connectivity index (χ0v) is 11.9. The fraction of sp³-hybridized carbons (Fsp3) is 0.333. The average molecular weight is 236 g/mol. The van der Waals surface area contributed by atoms with Crippen LogP contribution in [0.15, 0.2) is 18.2 Å². The molecule has 0 aromatic heterocycles. The van der Waals surface area contributed by atoms with Gasteiger partial charge in [0.05, 0.1) is 0 Å². The molecule has 0 bridgehead atoms. The Balaban J connectivity index is 2.41. The van der Waals surface area contributed by atoms with E-state index in [1.54, 1.807) is 5.56 Å². The van der Waals surface area contributed by atoms with Gasteiger partial charge in [-0.25, -0.2) is 0 Å². The topological polar surface area (TPSA) is 0 Å². The Bertz CT molecular complexity index is 660. The highest BCUT2D eigenvalue weighted by molar-refractivity contribution is 5.84. The van der Waals surface area contributed by atoms with Gasteiger partial charge in [-0.1, -0.05) is 18.2 Å². The highest BCUT2D eigenvalue weighted by Gasteiger charge is 2.24. The summed E-state index contributed by atoms with van der Waals surface area (Å²) in [6, 6.07) is 6.91. The quantitative estimate of drug-likeness (QED) is 0.526. The average Bonchev–Trinajstić information content (AvgIpc) is 2.72. The molecule has 0 N–H and O–H groups in total. The van der Waals surface area contributed by atoms with E-state index < -0.39 is 0 Å². The van der Waals surface area contributed by atoms with Gasteiger partial charge in [0.25, 0.3) is 0 Å². The van der Waals surface area contributed by atoms with Crippen molar-refractivity contribution in [2.45, 2.75) is 41.0 Å². The lowest BCUT2D eigenvalue weighted by atomic mass is 9.91. The lowest BCUT2D eigenvalue weighted by molar-refractivity contribution is 1.17. The monoisotopic (exact) mass is 236 g/mol. The van der Waals surface area contributed by atoms with Gasteiger partial charge in [-0.05, 0) is 91.1 Å². The zero-order chi connectivity index (χ0) is 13.0. The SMILES string of the molecule is Cc1cc(C)c2c(c1C)Cc1ccc(C)c(C)c1-2. The van der Waals surface area contributed by atoms with Gasteiger partial charge in [0.15, 0.2) is 0 Å². The van der Waals surface area contributed by atoms with Crippen molar-refractivity contribution in [2.75, 3.05) is 0 Å². The molecule has 0 nitrogen and oxygen atoms in total. The molecule has 0 unspecified atom stereocenters. The lowest BCUT2D eigenvalue weighted by Gasteiger charge is -2.13. The van der Waals surface area contributed by atoms with Crippen LogP contribution in [0.5, 0.6) is 0 Å². The van der Waals surface area contributed by atoms with E-state index in [-0.39, 0.29) is 0 Å². The number of fused-ring (bicyclic) bond motifs is 3. The van der Waals surface area contributed by atoms with Gasteiger partial charge in [-0.2, -0.15) is 0 Å². The van der Waals surface area contributed by atoms with Gasteiger partial charge in [-0.15, -0.1) is 0 Å². The minimum atomic E-state index is 1.11. The first kappa shape index (κ1) is 11.5. The lowest BCUT2D eigenvalue weighted by Crippen LogP contribution is -1.94. The molecule has 0 atom stereocenters. The molecule has 0 spiro atoms. The molecule has 0 heterocycles. The first-order valence-electron chi connectivity index (χ1n) is 6.70. The van der Waals surface area contributed by atoms with E-state index in [2.05, 4.69) is 52.8 Å². The highest BCUT2D eigenvalue weighted by Crippen LogP contribution is 2.43. The zero-order valence-electron chi connectivity index (χ0n) is 11.9. The third kappa shape index (κ3) is 1.38. The Labute approximate surface area is 110 Å². The van der Waals surface area contributed by atoms with Crippen molar-refractivity contribution >= 4 is 0 Å². The highest BCUT2D eigenvalue weighted by atomic mass is 14.3. The van der Waals surface area contributed by atoms with Crippen molar-refractivity contribution in [3.05, 3.63) is 57.1 Å². The van der Waals surface area contributed by atoms with Gasteiger partial charge >= 0.3 is 0 Å². The predicted molar refractivity (Wildman–Crippen MR) is 78.4 cm³/mol. The summed E-state index contributed by atoms with van der Waals surface area (Å²) in [5.41, 5.74) is 13.3. The van der Waals surface area contributed by atoms with Crippen LogP contribution in [-0.2, 0) is 6.42 Å². The van der Waals surface area contributed by atoms with Gasteiger partial charge in [0.1, 0.15) is 0 Å². The second kappa shape index (κ2) is 3.71. The summed E-state index contributed by atoms with van der Waals surface area (Å²) in [4.78, 5) is 0. The maximum absolute atomic E-state index is 2.34. The third-order valence-electron chi connectivity index (χ3n) is 4.61. The van der Waals surface area contributed by atoms with E-state index in [1.165, 1.54) is 44.5 Å². The van der Waals surface area contributed by atoms with Crippen LogP contribution < -0.4 is 0 Å². The molecule has 0 saturated carbocycles. The van der Waals surface area contributed by atoms with Gasteiger partial charge in [-0.3, -0.25) is 0 Å². The molecule has 0 amide bonds. The van der Waals surface area contributed by atoms with Gasteiger partial charge in [0, 0.05) is 0 Å². The minimum Gasteiger partial charge on any atom is -0.0587 e. The van der Waals surface area contributed by atoms with Crippen molar-refractivity contribution in [1.82, 2.24) is 0 Å². The summed E-state index contributed by atoms with van der Waals surface area (Å²) in [6.07, 6.45) is 1.11. The van der Waals surface area contributed by atoms with Gasteiger partial charge < -0.3 is 0 Å². The van der Waals surface area contributed by atoms with Crippen molar-refractivity contribution in [2.24, 2.45) is 0 Å². The molecule has 0 saturated heterocycles. The van der Waals surface area contributed by atoms with E-state index in [9.17, 15) is 0 Å². The number of aryl methyl sites for hydroxylation is 3. The Morgan fingerprint density at radius 3 is 2.17 bits per heavy atom. The van der Waals surface area contributed by atoms with E-state index in [4.69, 9.17) is 0 Å². The van der Waals surface area contributed by atoms with E-state index in [1.807, 2.05) is 0 Å². The van der Waals surface area contributed by atoms with Crippen LogP contribution in [0.25, 0.3) is 11.1 Å². The molecule has 0 radical (unpaired) electrons. The summed E-state index contributed by atoms with van der Waals surface area (Å²) in [7, 11) is 0. The van der Waals surface area contributed by atoms with Crippen molar-refractivity contribution in [1.29, 1.82) is 0 Å². The van der Waals surface area contributed by atoms with Gasteiger partial charge in [0.2, 0.25) is 0 Å². The maximum Gasteiger partial charge on any atom is -0.00105 e. The maximum atomic E-state index is 2.34. The van der Waals surface area contributed by atoms with Crippen LogP contribution in [-0.4, -0.2) is 0 Å². The second-order valence-corrected chi connectivity index (χ2v) is 5.71. The van der Waals surface area contributed by atoms with E-state index in [0.29, 0.717) is 0 Å². The smallest absolute Gasteiger partial charge is 0.00105 e. The summed E-state index contributed by atoms with van der Waals surface area (Å²) < 4.78 is 0. The molecule has 2 aromatic carbocycles. The molecular formula is C18H20.